The van der Waals surface area contributed by atoms with Gasteiger partial charge in [0.25, 0.3) is 0 Å². The molecule has 2 atom stereocenters. The van der Waals surface area contributed by atoms with Crippen molar-refractivity contribution in [2.75, 3.05) is 6.54 Å². The lowest BCUT2D eigenvalue weighted by atomic mass is 10.0. The molecule has 0 spiro atoms. The summed E-state index contributed by atoms with van der Waals surface area (Å²) in [5.74, 6) is 0. The summed E-state index contributed by atoms with van der Waals surface area (Å²) in [6, 6.07) is 0.194. The van der Waals surface area contributed by atoms with Crippen molar-refractivity contribution in [2.24, 2.45) is 0 Å². The molecule has 1 fully saturated rings. The van der Waals surface area contributed by atoms with E-state index < -0.39 is 5.60 Å². The molecule has 1 saturated heterocycles. The predicted molar refractivity (Wildman–Crippen MR) is 37.0 cm³/mol. The number of hydrogen-bond donors (Lipinski definition) is 1. The number of nitriles is 1. The first-order valence-electron chi connectivity index (χ1n) is 3.44. The molecular formula is C7H12N2O. The Morgan fingerprint density at radius 1 is 1.80 bits per heavy atom. The third kappa shape index (κ3) is 1.22. The number of β-amino-alcohol motifs (C(OH)–C–C–N with tert-alkyl or cyclic N) is 1. The topological polar surface area (TPSA) is 47.3 Å². The maximum Gasteiger partial charge on any atom is 0.179 e. The molecule has 0 aromatic rings. The number of likely N-dealkylation sites (tertiary alicyclic amines) is 1. The molecule has 0 radical (unpaired) electrons. The number of nitrogens with zero attached hydrogens (tertiary/aromatic N) is 2. The molecule has 1 aliphatic rings. The van der Waals surface area contributed by atoms with Crippen LogP contribution >= 0.6 is 0 Å². The number of rotatable bonds is 0. The molecule has 2 unspecified atom stereocenters. The van der Waals surface area contributed by atoms with Crippen LogP contribution in [0.1, 0.15) is 20.3 Å². The third-order valence-electron chi connectivity index (χ3n) is 1.91. The zero-order valence-electron chi connectivity index (χ0n) is 6.33. The second kappa shape index (κ2) is 2.14. The van der Waals surface area contributed by atoms with Crippen LogP contribution in [-0.4, -0.2) is 28.2 Å². The summed E-state index contributed by atoms with van der Waals surface area (Å²) >= 11 is 0. The van der Waals surface area contributed by atoms with Crippen molar-refractivity contribution in [1.29, 1.82) is 5.26 Å². The standard InChI is InChI=1S/C7H12N2O/c1-6-3-7(2,10)4-9(6)5-8/h6,10H,3-4H2,1-2H3. The van der Waals surface area contributed by atoms with E-state index in [0.717, 1.165) is 0 Å². The average molecular weight is 140 g/mol. The van der Waals surface area contributed by atoms with E-state index in [0.29, 0.717) is 13.0 Å². The molecule has 1 N–H and O–H groups in total. The second-order valence-corrected chi connectivity index (χ2v) is 3.28. The molecule has 10 heavy (non-hydrogen) atoms. The first kappa shape index (κ1) is 7.36. The molecule has 0 bridgehead atoms. The second-order valence-electron chi connectivity index (χ2n) is 3.28. The van der Waals surface area contributed by atoms with Crippen LogP contribution in [0.2, 0.25) is 0 Å². The molecule has 1 rings (SSSR count). The molecular weight excluding hydrogens is 128 g/mol. The van der Waals surface area contributed by atoms with Gasteiger partial charge in [-0.1, -0.05) is 0 Å². The molecule has 56 valence electrons. The highest BCUT2D eigenvalue weighted by atomic mass is 16.3. The Hall–Kier alpha value is -0.750. The third-order valence-corrected chi connectivity index (χ3v) is 1.91. The summed E-state index contributed by atoms with van der Waals surface area (Å²) in [5, 5.41) is 18.0. The van der Waals surface area contributed by atoms with Crippen LogP contribution in [0, 0.1) is 11.5 Å². The Morgan fingerprint density at radius 2 is 2.40 bits per heavy atom. The quantitative estimate of drug-likeness (QED) is 0.493. The largest absolute Gasteiger partial charge is 0.388 e. The first-order valence-corrected chi connectivity index (χ1v) is 3.44. The van der Waals surface area contributed by atoms with Crippen LogP contribution in [0.15, 0.2) is 0 Å². The summed E-state index contributed by atoms with van der Waals surface area (Å²) < 4.78 is 0. The van der Waals surface area contributed by atoms with Gasteiger partial charge in [-0.25, -0.2) is 0 Å². The summed E-state index contributed by atoms with van der Waals surface area (Å²) in [4.78, 5) is 1.61. The van der Waals surface area contributed by atoms with Gasteiger partial charge in [0.1, 0.15) is 0 Å². The van der Waals surface area contributed by atoms with Crippen LogP contribution < -0.4 is 0 Å². The van der Waals surface area contributed by atoms with Crippen molar-refractivity contribution < 1.29 is 5.11 Å². The summed E-state index contributed by atoms with van der Waals surface area (Å²) in [6.45, 7) is 4.19. The molecule has 1 aliphatic heterocycles. The Morgan fingerprint density at radius 3 is 2.60 bits per heavy atom. The van der Waals surface area contributed by atoms with Gasteiger partial charge in [0.2, 0.25) is 0 Å². The van der Waals surface area contributed by atoms with Gasteiger partial charge in [-0.2, -0.15) is 5.26 Å². The van der Waals surface area contributed by atoms with E-state index in [9.17, 15) is 5.11 Å². The van der Waals surface area contributed by atoms with Crippen LogP contribution in [0.3, 0.4) is 0 Å². The van der Waals surface area contributed by atoms with Gasteiger partial charge in [-0.3, -0.25) is 0 Å². The Labute approximate surface area is 60.9 Å². The molecule has 0 saturated carbocycles. The van der Waals surface area contributed by atoms with E-state index >= 15 is 0 Å². The van der Waals surface area contributed by atoms with E-state index in [-0.39, 0.29) is 6.04 Å². The van der Waals surface area contributed by atoms with Gasteiger partial charge in [0.15, 0.2) is 6.19 Å². The number of hydrogen-bond acceptors (Lipinski definition) is 3. The fraction of sp³-hybridized carbons (Fsp3) is 0.857. The Kier molecular flexibility index (Phi) is 1.57. The normalized spacial score (nSPS) is 39.8. The summed E-state index contributed by atoms with van der Waals surface area (Å²) in [6.07, 6.45) is 2.74. The zero-order valence-corrected chi connectivity index (χ0v) is 6.33. The fourth-order valence-electron chi connectivity index (χ4n) is 1.47. The van der Waals surface area contributed by atoms with E-state index in [1.54, 1.807) is 11.8 Å². The minimum Gasteiger partial charge on any atom is -0.388 e. The fourth-order valence-corrected chi connectivity index (χ4v) is 1.47. The first-order chi connectivity index (χ1) is 4.55. The molecule has 3 nitrogen and oxygen atoms in total. The number of aliphatic hydroxyl groups is 1. The van der Waals surface area contributed by atoms with E-state index in [4.69, 9.17) is 5.26 Å². The van der Waals surface area contributed by atoms with E-state index in [1.165, 1.54) is 0 Å². The minimum absolute atomic E-state index is 0.194. The molecule has 3 heteroatoms. The maximum atomic E-state index is 9.47. The predicted octanol–water partition coefficient (Wildman–Crippen LogP) is 0.313. The van der Waals surface area contributed by atoms with Gasteiger partial charge in [0.05, 0.1) is 12.1 Å². The molecule has 1 heterocycles. The van der Waals surface area contributed by atoms with Gasteiger partial charge < -0.3 is 10.0 Å². The van der Waals surface area contributed by atoms with Gasteiger partial charge in [0, 0.05) is 6.04 Å². The zero-order chi connectivity index (χ0) is 7.78. The van der Waals surface area contributed by atoms with Crippen LogP contribution in [0.5, 0.6) is 0 Å². The highest BCUT2D eigenvalue weighted by molar-refractivity contribution is 4.96. The van der Waals surface area contributed by atoms with Crippen molar-refractivity contribution >= 4 is 0 Å². The van der Waals surface area contributed by atoms with Gasteiger partial charge in [-0.05, 0) is 20.3 Å². The van der Waals surface area contributed by atoms with Crippen LogP contribution in [0.4, 0.5) is 0 Å². The lowest BCUT2D eigenvalue weighted by molar-refractivity contribution is 0.0739. The lowest BCUT2D eigenvalue weighted by Gasteiger charge is -2.13. The van der Waals surface area contributed by atoms with E-state index in [2.05, 4.69) is 0 Å². The Bertz CT molecular complexity index is 171. The monoisotopic (exact) mass is 140 g/mol. The van der Waals surface area contributed by atoms with E-state index in [1.807, 2.05) is 13.1 Å². The minimum atomic E-state index is -0.658. The van der Waals surface area contributed by atoms with Gasteiger partial charge in [-0.15, -0.1) is 0 Å². The molecule has 0 aliphatic carbocycles. The van der Waals surface area contributed by atoms with Crippen LogP contribution in [-0.2, 0) is 0 Å². The molecule has 0 aromatic heterocycles. The van der Waals surface area contributed by atoms with Crippen molar-refractivity contribution in [3.05, 3.63) is 0 Å². The SMILES string of the molecule is CC1CC(C)(O)CN1C#N. The van der Waals surface area contributed by atoms with Crippen molar-refractivity contribution in [1.82, 2.24) is 4.90 Å². The van der Waals surface area contributed by atoms with Gasteiger partial charge >= 0.3 is 0 Å². The van der Waals surface area contributed by atoms with Crippen molar-refractivity contribution in [3.8, 4) is 6.19 Å². The van der Waals surface area contributed by atoms with Crippen LogP contribution in [0.25, 0.3) is 0 Å². The summed E-state index contributed by atoms with van der Waals surface area (Å²) in [5.41, 5.74) is -0.658. The highest BCUT2D eigenvalue weighted by Crippen LogP contribution is 2.24. The molecule has 0 amide bonds. The molecule has 0 aromatic carbocycles. The Balaban J connectivity index is 2.63. The summed E-state index contributed by atoms with van der Waals surface area (Å²) in [7, 11) is 0. The highest BCUT2D eigenvalue weighted by Gasteiger charge is 2.36. The maximum absolute atomic E-state index is 9.47. The smallest absolute Gasteiger partial charge is 0.179 e. The lowest BCUT2D eigenvalue weighted by Crippen LogP contribution is -2.27. The van der Waals surface area contributed by atoms with Crippen molar-refractivity contribution in [2.45, 2.75) is 31.9 Å². The average Bonchev–Trinajstić information content (AvgIpc) is 2.05. The van der Waals surface area contributed by atoms with Crippen molar-refractivity contribution in [3.63, 3.8) is 0 Å².